The summed E-state index contributed by atoms with van der Waals surface area (Å²) in [7, 11) is 1.91. The van der Waals surface area contributed by atoms with Crippen molar-refractivity contribution in [1.82, 2.24) is 10.6 Å². The highest BCUT2D eigenvalue weighted by molar-refractivity contribution is 5.94. The van der Waals surface area contributed by atoms with Crippen molar-refractivity contribution in [2.24, 2.45) is 5.92 Å². The maximum absolute atomic E-state index is 12.7. The van der Waals surface area contributed by atoms with Crippen molar-refractivity contribution in [3.8, 4) is 0 Å². The zero-order chi connectivity index (χ0) is 12.7. The van der Waals surface area contributed by atoms with Crippen LogP contribution in [0.25, 0.3) is 0 Å². The van der Waals surface area contributed by atoms with Gasteiger partial charge in [0.1, 0.15) is 5.82 Å². The maximum atomic E-state index is 12.7. The quantitative estimate of drug-likeness (QED) is 0.793. The molecule has 0 spiro atoms. The summed E-state index contributed by atoms with van der Waals surface area (Å²) in [6.07, 6.45) is 1.01. The SMILES string of the molecule is CNCCC(C)CNC(=O)c1ccc(F)cc1. The third-order valence-electron chi connectivity index (χ3n) is 2.60. The van der Waals surface area contributed by atoms with Crippen molar-refractivity contribution in [2.75, 3.05) is 20.1 Å². The highest BCUT2D eigenvalue weighted by Gasteiger charge is 2.07. The molecule has 1 aromatic rings. The zero-order valence-electron chi connectivity index (χ0n) is 10.3. The maximum Gasteiger partial charge on any atom is 0.251 e. The van der Waals surface area contributed by atoms with Crippen molar-refractivity contribution in [1.29, 1.82) is 0 Å². The van der Waals surface area contributed by atoms with E-state index in [9.17, 15) is 9.18 Å². The van der Waals surface area contributed by atoms with E-state index in [-0.39, 0.29) is 11.7 Å². The lowest BCUT2D eigenvalue weighted by Crippen LogP contribution is -2.29. The van der Waals surface area contributed by atoms with Gasteiger partial charge in [-0.15, -0.1) is 0 Å². The number of nitrogens with one attached hydrogen (secondary N) is 2. The van der Waals surface area contributed by atoms with E-state index in [1.54, 1.807) is 0 Å². The van der Waals surface area contributed by atoms with E-state index in [0.29, 0.717) is 18.0 Å². The summed E-state index contributed by atoms with van der Waals surface area (Å²) in [6.45, 7) is 3.66. The molecule has 0 radical (unpaired) electrons. The molecule has 1 aromatic carbocycles. The molecular weight excluding hydrogens is 219 g/mol. The Balaban J connectivity index is 2.36. The molecule has 0 aliphatic rings. The Morgan fingerprint density at radius 2 is 2.00 bits per heavy atom. The van der Waals surface area contributed by atoms with E-state index < -0.39 is 0 Å². The largest absolute Gasteiger partial charge is 0.352 e. The summed E-state index contributed by atoms with van der Waals surface area (Å²) in [5, 5.41) is 5.91. The Morgan fingerprint density at radius 3 is 2.59 bits per heavy atom. The highest BCUT2D eigenvalue weighted by Crippen LogP contribution is 2.03. The fourth-order valence-electron chi connectivity index (χ4n) is 1.46. The summed E-state index contributed by atoms with van der Waals surface area (Å²) in [5.74, 6) is -0.0582. The minimum absolute atomic E-state index is 0.152. The first-order chi connectivity index (χ1) is 8.13. The molecule has 1 unspecified atom stereocenters. The fourth-order valence-corrected chi connectivity index (χ4v) is 1.46. The van der Waals surface area contributed by atoms with E-state index in [4.69, 9.17) is 0 Å². The Bertz CT molecular complexity index is 351. The summed E-state index contributed by atoms with van der Waals surface area (Å²) in [6, 6.07) is 5.56. The topological polar surface area (TPSA) is 41.1 Å². The molecule has 4 heteroatoms. The highest BCUT2D eigenvalue weighted by atomic mass is 19.1. The van der Waals surface area contributed by atoms with Crippen molar-refractivity contribution < 1.29 is 9.18 Å². The van der Waals surface area contributed by atoms with Gasteiger partial charge in [-0.05, 0) is 50.2 Å². The molecule has 0 aromatic heterocycles. The second kappa shape index (κ2) is 7.01. The van der Waals surface area contributed by atoms with Crippen LogP contribution in [0.2, 0.25) is 0 Å². The Morgan fingerprint density at radius 1 is 1.35 bits per heavy atom. The van der Waals surface area contributed by atoms with Crippen molar-refractivity contribution >= 4 is 5.91 Å². The van der Waals surface area contributed by atoms with Crippen LogP contribution >= 0.6 is 0 Å². The van der Waals surface area contributed by atoms with Gasteiger partial charge in [-0.1, -0.05) is 6.92 Å². The van der Waals surface area contributed by atoms with Crippen LogP contribution in [0.15, 0.2) is 24.3 Å². The van der Waals surface area contributed by atoms with Crippen molar-refractivity contribution in [3.05, 3.63) is 35.6 Å². The van der Waals surface area contributed by atoms with Gasteiger partial charge in [-0.3, -0.25) is 4.79 Å². The molecule has 2 N–H and O–H groups in total. The number of carbonyl (C=O) groups is 1. The van der Waals surface area contributed by atoms with Gasteiger partial charge in [-0.25, -0.2) is 4.39 Å². The van der Waals surface area contributed by atoms with Crippen LogP contribution in [0.3, 0.4) is 0 Å². The second-order valence-corrected chi connectivity index (χ2v) is 4.21. The monoisotopic (exact) mass is 238 g/mol. The minimum Gasteiger partial charge on any atom is -0.352 e. The predicted molar refractivity (Wildman–Crippen MR) is 66.4 cm³/mol. The van der Waals surface area contributed by atoms with E-state index in [1.807, 2.05) is 7.05 Å². The minimum atomic E-state index is -0.330. The van der Waals surface area contributed by atoms with Crippen LogP contribution in [0.4, 0.5) is 4.39 Å². The van der Waals surface area contributed by atoms with E-state index in [2.05, 4.69) is 17.6 Å². The summed E-state index contributed by atoms with van der Waals surface area (Å²) >= 11 is 0. The van der Waals surface area contributed by atoms with Crippen LogP contribution in [0.5, 0.6) is 0 Å². The molecule has 0 bridgehead atoms. The van der Waals surface area contributed by atoms with Gasteiger partial charge in [-0.2, -0.15) is 0 Å². The third-order valence-corrected chi connectivity index (χ3v) is 2.60. The van der Waals surface area contributed by atoms with Crippen LogP contribution in [-0.2, 0) is 0 Å². The molecule has 0 aliphatic carbocycles. The number of halogens is 1. The lowest BCUT2D eigenvalue weighted by molar-refractivity contribution is 0.0947. The normalized spacial score (nSPS) is 12.2. The summed E-state index contributed by atoms with van der Waals surface area (Å²) in [4.78, 5) is 11.7. The molecular formula is C13H19FN2O. The average Bonchev–Trinajstić information content (AvgIpc) is 2.34. The van der Waals surface area contributed by atoms with Crippen LogP contribution in [-0.4, -0.2) is 26.0 Å². The predicted octanol–water partition coefficient (Wildman–Crippen LogP) is 1.80. The Kier molecular flexibility index (Phi) is 5.63. The van der Waals surface area contributed by atoms with Gasteiger partial charge in [0, 0.05) is 12.1 Å². The van der Waals surface area contributed by atoms with E-state index in [1.165, 1.54) is 24.3 Å². The molecule has 1 rings (SSSR count). The summed E-state index contributed by atoms with van der Waals surface area (Å²) < 4.78 is 12.7. The van der Waals surface area contributed by atoms with Crippen LogP contribution < -0.4 is 10.6 Å². The number of benzene rings is 1. The number of rotatable bonds is 6. The number of hydrogen-bond acceptors (Lipinski definition) is 2. The van der Waals surface area contributed by atoms with Gasteiger partial charge in [0.15, 0.2) is 0 Å². The van der Waals surface area contributed by atoms with Crippen LogP contribution in [0, 0.1) is 11.7 Å². The first-order valence-electron chi connectivity index (χ1n) is 5.82. The van der Waals surface area contributed by atoms with Gasteiger partial charge in [0.2, 0.25) is 0 Å². The molecule has 1 amide bonds. The molecule has 0 aliphatic heterocycles. The standard InChI is InChI=1S/C13H19FN2O/c1-10(7-8-15-2)9-16-13(17)11-3-5-12(14)6-4-11/h3-6,10,15H,7-9H2,1-2H3,(H,16,17). The van der Waals surface area contributed by atoms with E-state index >= 15 is 0 Å². The molecule has 0 saturated heterocycles. The fraction of sp³-hybridized carbons (Fsp3) is 0.462. The van der Waals surface area contributed by atoms with Gasteiger partial charge in [0.25, 0.3) is 5.91 Å². The Labute approximate surface area is 101 Å². The molecule has 3 nitrogen and oxygen atoms in total. The van der Waals surface area contributed by atoms with E-state index in [0.717, 1.165) is 13.0 Å². The van der Waals surface area contributed by atoms with Crippen molar-refractivity contribution in [3.63, 3.8) is 0 Å². The smallest absolute Gasteiger partial charge is 0.251 e. The molecule has 0 fully saturated rings. The lowest BCUT2D eigenvalue weighted by atomic mass is 10.1. The van der Waals surface area contributed by atoms with Gasteiger partial charge in [0.05, 0.1) is 0 Å². The first kappa shape index (κ1) is 13.6. The molecule has 1 atom stereocenters. The first-order valence-corrected chi connectivity index (χ1v) is 5.82. The van der Waals surface area contributed by atoms with Gasteiger partial charge >= 0.3 is 0 Å². The average molecular weight is 238 g/mol. The van der Waals surface area contributed by atoms with Crippen molar-refractivity contribution in [2.45, 2.75) is 13.3 Å². The number of hydrogen-bond donors (Lipinski definition) is 2. The third kappa shape index (κ3) is 4.95. The molecule has 17 heavy (non-hydrogen) atoms. The lowest BCUT2D eigenvalue weighted by Gasteiger charge is -2.12. The number of amides is 1. The second-order valence-electron chi connectivity index (χ2n) is 4.21. The molecule has 0 heterocycles. The molecule has 0 saturated carbocycles. The zero-order valence-corrected chi connectivity index (χ0v) is 10.3. The summed E-state index contributed by atoms with van der Waals surface area (Å²) in [5.41, 5.74) is 0.493. The van der Waals surface area contributed by atoms with Crippen LogP contribution in [0.1, 0.15) is 23.7 Å². The Hall–Kier alpha value is -1.42. The van der Waals surface area contributed by atoms with Gasteiger partial charge < -0.3 is 10.6 Å². The molecule has 94 valence electrons. The number of carbonyl (C=O) groups excluding carboxylic acids is 1.